The van der Waals surface area contributed by atoms with Gasteiger partial charge in [-0.25, -0.2) is 4.98 Å². The molecule has 0 radical (unpaired) electrons. The van der Waals surface area contributed by atoms with Gasteiger partial charge in [-0.1, -0.05) is 19.1 Å². The summed E-state index contributed by atoms with van der Waals surface area (Å²) in [4.78, 5) is 8.37. The molecule has 2 N–H and O–H groups in total. The number of aryl methyl sites for hydroxylation is 1. The Morgan fingerprint density at radius 1 is 1.17 bits per heavy atom. The molecule has 4 heteroatoms. The van der Waals surface area contributed by atoms with Crippen LogP contribution in [0.1, 0.15) is 12.5 Å². The summed E-state index contributed by atoms with van der Waals surface area (Å²) in [5.41, 5.74) is 10.1. The van der Waals surface area contributed by atoms with E-state index in [-0.39, 0.29) is 0 Å². The second kappa shape index (κ2) is 4.14. The quantitative estimate of drug-likeness (QED) is 0.746. The number of rotatable bonds is 2. The molecule has 3 rings (SSSR count). The van der Waals surface area contributed by atoms with Crippen molar-refractivity contribution in [1.29, 1.82) is 0 Å². The van der Waals surface area contributed by atoms with Crippen LogP contribution >= 0.6 is 0 Å². The Morgan fingerprint density at radius 3 is 2.67 bits per heavy atom. The van der Waals surface area contributed by atoms with E-state index in [2.05, 4.69) is 41.2 Å². The van der Waals surface area contributed by atoms with Gasteiger partial charge in [-0.2, -0.15) is 0 Å². The highest BCUT2D eigenvalue weighted by atomic mass is 15.2. The van der Waals surface area contributed by atoms with Gasteiger partial charge < -0.3 is 5.73 Å². The zero-order valence-electron chi connectivity index (χ0n) is 10.2. The molecule has 90 valence electrons. The minimum absolute atomic E-state index is 0.488. The van der Waals surface area contributed by atoms with Crippen LogP contribution in [0.25, 0.3) is 16.7 Å². The summed E-state index contributed by atoms with van der Waals surface area (Å²) >= 11 is 0. The van der Waals surface area contributed by atoms with E-state index in [1.807, 2.05) is 10.6 Å². The van der Waals surface area contributed by atoms with Gasteiger partial charge >= 0.3 is 0 Å². The van der Waals surface area contributed by atoms with Crippen LogP contribution in [0.4, 0.5) is 5.95 Å². The highest BCUT2D eigenvalue weighted by molar-refractivity contribution is 5.79. The number of nitrogens with two attached hydrogens (primary N) is 1. The van der Waals surface area contributed by atoms with Crippen LogP contribution in [0.15, 0.2) is 42.7 Å². The van der Waals surface area contributed by atoms with Crippen molar-refractivity contribution in [2.75, 3.05) is 5.73 Å². The van der Waals surface area contributed by atoms with E-state index >= 15 is 0 Å². The molecule has 2 heterocycles. The van der Waals surface area contributed by atoms with Gasteiger partial charge in [0, 0.05) is 11.9 Å². The van der Waals surface area contributed by atoms with Crippen molar-refractivity contribution in [2.24, 2.45) is 0 Å². The van der Waals surface area contributed by atoms with Crippen LogP contribution in [-0.4, -0.2) is 14.5 Å². The maximum Gasteiger partial charge on any atom is 0.205 e. The predicted molar refractivity (Wildman–Crippen MR) is 72.7 cm³/mol. The molecule has 0 unspecified atom stereocenters. The Kier molecular flexibility index (Phi) is 2.48. The summed E-state index contributed by atoms with van der Waals surface area (Å²) < 4.78 is 1.94. The molecule has 0 saturated heterocycles. The number of imidazole rings is 1. The molecule has 0 spiro atoms. The molecule has 0 fully saturated rings. The van der Waals surface area contributed by atoms with E-state index in [1.54, 1.807) is 12.4 Å². The Hall–Kier alpha value is -2.36. The molecule has 3 aromatic rings. The fourth-order valence-electron chi connectivity index (χ4n) is 2.10. The first-order chi connectivity index (χ1) is 8.79. The lowest BCUT2D eigenvalue weighted by atomic mass is 10.1. The van der Waals surface area contributed by atoms with Crippen molar-refractivity contribution >= 4 is 17.0 Å². The zero-order chi connectivity index (χ0) is 12.5. The summed E-state index contributed by atoms with van der Waals surface area (Å²) in [6, 6.07) is 10.3. The fraction of sp³-hybridized carbons (Fsp3) is 0.143. The molecule has 0 amide bonds. The fourth-order valence-corrected chi connectivity index (χ4v) is 2.10. The average Bonchev–Trinajstić information content (AvgIpc) is 2.75. The van der Waals surface area contributed by atoms with Gasteiger partial charge in [-0.15, -0.1) is 0 Å². The van der Waals surface area contributed by atoms with E-state index in [1.165, 1.54) is 5.56 Å². The predicted octanol–water partition coefficient (Wildman–Crippen LogP) is 2.57. The van der Waals surface area contributed by atoms with E-state index < -0.39 is 0 Å². The first kappa shape index (κ1) is 10.8. The minimum atomic E-state index is 0.488. The van der Waals surface area contributed by atoms with Crippen molar-refractivity contribution in [3.8, 4) is 5.69 Å². The first-order valence-corrected chi connectivity index (χ1v) is 5.97. The third-order valence-electron chi connectivity index (χ3n) is 3.09. The Bertz CT molecular complexity index is 683. The normalized spacial score (nSPS) is 10.9. The number of hydrogen-bond acceptors (Lipinski definition) is 3. The van der Waals surface area contributed by atoms with E-state index in [9.17, 15) is 0 Å². The highest BCUT2D eigenvalue weighted by Gasteiger charge is 2.09. The molecular formula is C14H14N4. The minimum Gasteiger partial charge on any atom is -0.369 e. The van der Waals surface area contributed by atoms with Crippen molar-refractivity contribution in [3.05, 3.63) is 48.3 Å². The topological polar surface area (TPSA) is 56.7 Å². The average molecular weight is 238 g/mol. The lowest BCUT2D eigenvalue weighted by molar-refractivity contribution is 1.09. The molecule has 0 aliphatic rings. The largest absolute Gasteiger partial charge is 0.369 e. The summed E-state index contributed by atoms with van der Waals surface area (Å²) in [6.07, 6.45) is 4.51. The smallest absolute Gasteiger partial charge is 0.205 e. The lowest BCUT2D eigenvalue weighted by Gasteiger charge is -2.07. The molecule has 4 nitrogen and oxygen atoms in total. The Balaban J connectivity index is 2.20. The van der Waals surface area contributed by atoms with Crippen molar-refractivity contribution in [1.82, 2.24) is 14.5 Å². The number of anilines is 1. The van der Waals surface area contributed by atoms with Gasteiger partial charge in [-0.05, 0) is 30.2 Å². The number of pyridine rings is 1. The maximum atomic E-state index is 5.98. The molecule has 2 aromatic heterocycles. The van der Waals surface area contributed by atoms with Crippen LogP contribution < -0.4 is 5.73 Å². The van der Waals surface area contributed by atoms with Crippen molar-refractivity contribution < 1.29 is 0 Å². The van der Waals surface area contributed by atoms with Crippen LogP contribution in [0.2, 0.25) is 0 Å². The second-order valence-electron chi connectivity index (χ2n) is 4.19. The Morgan fingerprint density at radius 2 is 1.94 bits per heavy atom. The summed E-state index contributed by atoms with van der Waals surface area (Å²) in [5.74, 6) is 0.488. The number of nitrogen functional groups attached to an aromatic ring is 1. The van der Waals surface area contributed by atoms with Crippen molar-refractivity contribution in [3.63, 3.8) is 0 Å². The molecule has 0 bridgehead atoms. The molecular weight excluding hydrogens is 224 g/mol. The summed E-state index contributed by atoms with van der Waals surface area (Å²) in [6.45, 7) is 2.14. The van der Waals surface area contributed by atoms with Crippen LogP contribution in [0.5, 0.6) is 0 Å². The van der Waals surface area contributed by atoms with Crippen LogP contribution in [0, 0.1) is 0 Å². The standard InChI is InChI=1S/C14H14N4/c1-2-10-3-5-11(6-4-10)18-13-7-8-16-9-12(13)17-14(18)15/h3-9H,2H2,1H3,(H2,15,17). The molecule has 0 saturated carbocycles. The number of benzene rings is 1. The molecule has 18 heavy (non-hydrogen) atoms. The molecule has 1 aromatic carbocycles. The van der Waals surface area contributed by atoms with Gasteiger partial charge in [0.15, 0.2) is 0 Å². The molecule has 0 atom stereocenters. The second-order valence-corrected chi connectivity index (χ2v) is 4.19. The summed E-state index contributed by atoms with van der Waals surface area (Å²) in [7, 11) is 0. The third-order valence-corrected chi connectivity index (χ3v) is 3.09. The summed E-state index contributed by atoms with van der Waals surface area (Å²) in [5, 5.41) is 0. The monoisotopic (exact) mass is 238 g/mol. The van der Waals surface area contributed by atoms with Gasteiger partial charge in [0.05, 0.1) is 11.7 Å². The Labute approximate surface area is 105 Å². The first-order valence-electron chi connectivity index (χ1n) is 5.97. The third kappa shape index (κ3) is 1.62. The van der Waals surface area contributed by atoms with Gasteiger partial charge in [0.25, 0.3) is 0 Å². The number of hydrogen-bond donors (Lipinski definition) is 1. The van der Waals surface area contributed by atoms with Crippen LogP contribution in [-0.2, 0) is 6.42 Å². The zero-order valence-corrected chi connectivity index (χ0v) is 10.2. The molecule has 0 aliphatic heterocycles. The van der Waals surface area contributed by atoms with E-state index in [0.29, 0.717) is 5.95 Å². The van der Waals surface area contributed by atoms with Crippen molar-refractivity contribution in [2.45, 2.75) is 13.3 Å². The van der Waals surface area contributed by atoms with Crippen LogP contribution in [0.3, 0.4) is 0 Å². The van der Waals surface area contributed by atoms with Gasteiger partial charge in [0.2, 0.25) is 5.95 Å². The number of aromatic nitrogens is 3. The lowest BCUT2D eigenvalue weighted by Crippen LogP contribution is -2.00. The molecule has 0 aliphatic carbocycles. The van der Waals surface area contributed by atoms with Gasteiger partial charge in [0.1, 0.15) is 5.52 Å². The van der Waals surface area contributed by atoms with Gasteiger partial charge in [-0.3, -0.25) is 9.55 Å². The SMILES string of the molecule is CCc1ccc(-n2c(N)nc3cnccc32)cc1. The maximum absolute atomic E-state index is 5.98. The number of nitrogens with zero attached hydrogens (tertiary/aromatic N) is 3. The number of fused-ring (bicyclic) bond motifs is 1. The van der Waals surface area contributed by atoms with E-state index in [4.69, 9.17) is 5.73 Å². The highest BCUT2D eigenvalue weighted by Crippen LogP contribution is 2.22. The van der Waals surface area contributed by atoms with E-state index in [0.717, 1.165) is 23.1 Å².